The molecule has 0 amide bonds. The fraction of sp³-hybridized carbons (Fsp3) is 1.00. The summed E-state index contributed by atoms with van der Waals surface area (Å²) in [5, 5.41) is 8.37. The van der Waals surface area contributed by atoms with Gasteiger partial charge in [-0.25, -0.2) is 0 Å². The minimum atomic E-state index is -2.32. The monoisotopic (exact) mass is 336 g/mol. The molecule has 0 radical (unpaired) electrons. The van der Waals surface area contributed by atoms with Gasteiger partial charge in [-0.05, 0) is 33.6 Å². The predicted molar refractivity (Wildman–Crippen MR) is 96.2 cm³/mol. The van der Waals surface area contributed by atoms with Gasteiger partial charge < -0.3 is 18.4 Å². The topological polar surface area (TPSA) is 47.9 Å². The van der Waals surface area contributed by atoms with Gasteiger partial charge in [-0.2, -0.15) is 0 Å². The van der Waals surface area contributed by atoms with Gasteiger partial charge in [0.25, 0.3) is 0 Å². The molecule has 0 saturated heterocycles. The normalized spacial score (nSPS) is 11.2. The third kappa shape index (κ3) is 15.0. The lowest BCUT2D eigenvalue weighted by atomic mass is 10.2. The van der Waals surface area contributed by atoms with Gasteiger partial charge >= 0.3 is 8.80 Å². The van der Waals surface area contributed by atoms with Gasteiger partial charge in [-0.1, -0.05) is 46.0 Å². The molecule has 136 valence electrons. The Morgan fingerprint density at radius 2 is 1.09 bits per heavy atom. The smallest absolute Gasteiger partial charge is 0.396 e. The summed E-state index contributed by atoms with van der Waals surface area (Å²) in [5.41, 5.74) is 0. The van der Waals surface area contributed by atoms with Crippen molar-refractivity contribution in [2.75, 3.05) is 26.4 Å². The van der Waals surface area contributed by atoms with Crippen LogP contribution in [0.1, 0.15) is 79.6 Å². The van der Waals surface area contributed by atoms with Crippen LogP contribution in [0.15, 0.2) is 0 Å². The van der Waals surface area contributed by atoms with Gasteiger partial charge in [-0.15, -0.1) is 0 Å². The van der Waals surface area contributed by atoms with Crippen molar-refractivity contribution in [3.8, 4) is 0 Å². The summed E-state index contributed by atoms with van der Waals surface area (Å²) in [4.78, 5) is 0. The zero-order valence-electron chi connectivity index (χ0n) is 15.7. The van der Waals surface area contributed by atoms with E-state index in [0.717, 1.165) is 25.3 Å². The Morgan fingerprint density at radius 3 is 1.45 bits per heavy atom. The van der Waals surface area contributed by atoms with E-state index in [4.69, 9.17) is 18.4 Å². The molecular weight excluding hydrogens is 296 g/mol. The Labute approximate surface area is 139 Å². The highest BCUT2D eigenvalue weighted by atomic mass is 28.4. The van der Waals surface area contributed by atoms with Crippen molar-refractivity contribution < 1.29 is 18.4 Å². The summed E-state index contributed by atoms with van der Waals surface area (Å²) in [6.45, 7) is 12.7. The van der Waals surface area contributed by atoms with Crippen molar-refractivity contribution in [2.24, 2.45) is 0 Å². The first kappa shape index (κ1) is 24.3. The van der Waals surface area contributed by atoms with Gasteiger partial charge in [0.05, 0.1) is 0 Å². The first-order valence-corrected chi connectivity index (χ1v) is 11.1. The molecule has 22 heavy (non-hydrogen) atoms. The number of hydrogen-bond donors (Lipinski definition) is 1. The second kappa shape index (κ2) is 19.1. The summed E-state index contributed by atoms with van der Waals surface area (Å²) in [6.07, 6.45) is 8.35. The molecule has 0 aliphatic heterocycles. The lowest BCUT2D eigenvalue weighted by Crippen LogP contribution is -2.45. The van der Waals surface area contributed by atoms with Crippen molar-refractivity contribution >= 4 is 8.80 Å². The minimum absolute atomic E-state index is 0.365. The van der Waals surface area contributed by atoms with E-state index in [0.29, 0.717) is 26.4 Å². The molecule has 0 fully saturated rings. The number of rotatable bonds is 14. The van der Waals surface area contributed by atoms with E-state index in [2.05, 4.69) is 13.8 Å². The second-order valence-corrected chi connectivity index (χ2v) is 7.96. The molecule has 0 aliphatic rings. The van der Waals surface area contributed by atoms with Crippen LogP contribution in [-0.2, 0) is 13.3 Å². The Balaban J connectivity index is 0. The Bertz CT molecular complexity index is 180. The van der Waals surface area contributed by atoms with E-state index in [1.165, 1.54) is 25.7 Å². The maximum Gasteiger partial charge on any atom is 0.500 e. The molecule has 1 N–H and O–H groups in total. The molecule has 0 aromatic heterocycles. The molecule has 0 spiro atoms. The third-order valence-corrected chi connectivity index (χ3v) is 6.34. The molecule has 0 rings (SSSR count). The standard InChI is InChI=1S/C10H24O3Si.C7H16O/c1-5-9-10-14(11-6-2,12-7-3)13-8-4;1-2-3-4-5-6-7-8/h5-10H2,1-4H3;8H,2-7H2,1H3. The molecule has 0 bridgehead atoms. The molecule has 0 saturated carbocycles. The van der Waals surface area contributed by atoms with E-state index in [1.54, 1.807) is 0 Å². The fourth-order valence-corrected chi connectivity index (χ4v) is 4.90. The van der Waals surface area contributed by atoms with E-state index in [-0.39, 0.29) is 0 Å². The zero-order valence-corrected chi connectivity index (χ0v) is 16.7. The Kier molecular flexibility index (Phi) is 21.1. The first-order valence-electron chi connectivity index (χ1n) is 9.18. The highest BCUT2D eigenvalue weighted by Gasteiger charge is 2.39. The lowest BCUT2D eigenvalue weighted by molar-refractivity contribution is 0.0708. The van der Waals surface area contributed by atoms with E-state index < -0.39 is 8.80 Å². The largest absolute Gasteiger partial charge is 0.500 e. The summed E-state index contributed by atoms with van der Waals surface area (Å²) >= 11 is 0. The van der Waals surface area contributed by atoms with Crippen LogP contribution in [0.2, 0.25) is 6.04 Å². The van der Waals surface area contributed by atoms with Crippen LogP contribution in [0.5, 0.6) is 0 Å². The summed E-state index contributed by atoms with van der Waals surface area (Å²) in [7, 11) is -2.32. The second-order valence-electron chi connectivity index (χ2n) is 5.22. The van der Waals surface area contributed by atoms with Crippen LogP contribution < -0.4 is 0 Å². The molecule has 0 atom stereocenters. The van der Waals surface area contributed by atoms with Gasteiger partial charge in [-0.3, -0.25) is 0 Å². The van der Waals surface area contributed by atoms with Crippen LogP contribution >= 0.6 is 0 Å². The number of aliphatic hydroxyl groups is 1. The average molecular weight is 337 g/mol. The molecule has 5 heteroatoms. The molecule has 0 heterocycles. The summed E-state index contributed by atoms with van der Waals surface area (Å²) in [5.74, 6) is 0. The van der Waals surface area contributed by atoms with Crippen LogP contribution in [0.4, 0.5) is 0 Å². The quantitative estimate of drug-likeness (QED) is 0.366. The van der Waals surface area contributed by atoms with Crippen LogP contribution in [0.25, 0.3) is 0 Å². The fourth-order valence-electron chi connectivity index (χ4n) is 2.11. The van der Waals surface area contributed by atoms with E-state index in [1.807, 2.05) is 20.8 Å². The molecular formula is C17H40O4Si. The number of aliphatic hydroxyl groups excluding tert-OH is 1. The maximum atomic E-state index is 8.37. The van der Waals surface area contributed by atoms with Crippen LogP contribution in [0, 0.1) is 0 Å². The van der Waals surface area contributed by atoms with Gasteiger partial charge in [0.15, 0.2) is 0 Å². The summed E-state index contributed by atoms with van der Waals surface area (Å²) in [6, 6.07) is 0.943. The molecule has 0 aromatic carbocycles. The lowest BCUT2D eigenvalue weighted by Gasteiger charge is -2.28. The average Bonchev–Trinajstić information content (AvgIpc) is 2.51. The van der Waals surface area contributed by atoms with Crippen LogP contribution in [-0.4, -0.2) is 40.3 Å². The van der Waals surface area contributed by atoms with Gasteiger partial charge in [0.1, 0.15) is 0 Å². The highest BCUT2D eigenvalue weighted by Crippen LogP contribution is 2.18. The highest BCUT2D eigenvalue weighted by molar-refractivity contribution is 6.60. The molecule has 4 nitrogen and oxygen atoms in total. The minimum Gasteiger partial charge on any atom is -0.396 e. The maximum absolute atomic E-state index is 8.37. The van der Waals surface area contributed by atoms with E-state index in [9.17, 15) is 0 Å². The van der Waals surface area contributed by atoms with Crippen LogP contribution in [0.3, 0.4) is 0 Å². The number of hydrogen-bond acceptors (Lipinski definition) is 4. The van der Waals surface area contributed by atoms with E-state index >= 15 is 0 Å². The first-order chi connectivity index (χ1) is 10.7. The van der Waals surface area contributed by atoms with Crippen molar-refractivity contribution in [3.05, 3.63) is 0 Å². The number of unbranched alkanes of at least 4 members (excludes halogenated alkanes) is 5. The van der Waals surface area contributed by atoms with Crippen molar-refractivity contribution in [1.29, 1.82) is 0 Å². The SMILES string of the molecule is CCCCCCCO.CCCC[Si](OCC)(OCC)OCC. The van der Waals surface area contributed by atoms with Gasteiger partial charge in [0.2, 0.25) is 0 Å². The van der Waals surface area contributed by atoms with Crippen molar-refractivity contribution in [1.82, 2.24) is 0 Å². The molecule has 0 aliphatic carbocycles. The molecule has 0 aromatic rings. The third-order valence-electron chi connectivity index (χ3n) is 3.19. The van der Waals surface area contributed by atoms with Crippen molar-refractivity contribution in [2.45, 2.75) is 85.6 Å². The van der Waals surface area contributed by atoms with Crippen molar-refractivity contribution in [3.63, 3.8) is 0 Å². The Hall–Kier alpha value is 0.0569. The zero-order chi connectivity index (χ0) is 17.1. The Morgan fingerprint density at radius 1 is 0.636 bits per heavy atom. The molecule has 0 unspecified atom stereocenters. The predicted octanol–water partition coefficient (Wildman–Crippen LogP) is 4.78. The van der Waals surface area contributed by atoms with Gasteiger partial charge in [0, 0.05) is 32.5 Å². The summed E-state index contributed by atoms with van der Waals surface area (Å²) < 4.78 is 17.1.